The highest BCUT2D eigenvalue weighted by Crippen LogP contribution is 2.43. The number of rotatable bonds is 4. The highest BCUT2D eigenvalue weighted by molar-refractivity contribution is 5.87. The maximum atomic E-state index is 13.0. The van der Waals surface area contributed by atoms with Crippen LogP contribution >= 0.6 is 0 Å². The Morgan fingerprint density at radius 1 is 1.15 bits per heavy atom. The van der Waals surface area contributed by atoms with Crippen LogP contribution in [0.4, 0.5) is 0 Å². The molecule has 0 radical (unpaired) electrons. The molecule has 4 rings (SSSR count). The molecule has 3 aromatic rings. The van der Waals surface area contributed by atoms with E-state index < -0.39 is 0 Å². The molecule has 1 aliphatic carbocycles. The third-order valence-electron chi connectivity index (χ3n) is 5.51. The molecule has 0 spiro atoms. The molecule has 1 aromatic heterocycles. The zero-order valence-corrected chi connectivity index (χ0v) is 16.1. The lowest BCUT2D eigenvalue weighted by Gasteiger charge is -2.32. The molecule has 0 saturated carbocycles. The molecule has 2 N–H and O–H groups in total. The minimum atomic E-state index is -0.0821. The van der Waals surface area contributed by atoms with Gasteiger partial charge in [-0.2, -0.15) is 0 Å². The summed E-state index contributed by atoms with van der Waals surface area (Å²) >= 11 is 0. The lowest BCUT2D eigenvalue weighted by atomic mass is 9.74. The number of amides is 1. The molecule has 2 atom stereocenters. The highest BCUT2D eigenvalue weighted by Gasteiger charge is 2.37. The second kappa shape index (κ2) is 7.10. The summed E-state index contributed by atoms with van der Waals surface area (Å²) in [5, 5.41) is 4.39. The number of H-pyrrole nitrogens is 1. The lowest BCUT2D eigenvalue weighted by Crippen LogP contribution is -2.40. The van der Waals surface area contributed by atoms with Crippen molar-refractivity contribution in [3.05, 3.63) is 65.4 Å². The van der Waals surface area contributed by atoms with Gasteiger partial charge in [-0.15, -0.1) is 0 Å². The van der Waals surface area contributed by atoms with Crippen LogP contribution in [0.5, 0.6) is 5.75 Å². The zero-order chi connectivity index (χ0) is 19.0. The third-order valence-corrected chi connectivity index (χ3v) is 5.51. The SMILES string of the molecule is COc1ccc(C2c3[nH]c4ccccc4c3CCC2C(=O)NC(C)C)cc1. The number of para-hydroxylation sites is 1. The molecule has 140 valence electrons. The molecule has 0 aliphatic heterocycles. The molecule has 1 amide bonds. The van der Waals surface area contributed by atoms with Crippen molar-refractivity contribution >= 4 is 16.8 Å². The number of ether oxygens (including phenoxy) is 1. The minimum absolute atomic E-state index is 0.0193. The summed E-state index contributed by atoms with van der Waals surface area (Å²) in [4.78, 5) is 16.6. The van der Waals surface area contributed by atoms with E-state index in [0.29, 0.717) is 0 Å². The Morgan fingerprint density at radius 2 is 1.89 bits per heavy atom. The Morgan fingerprint density at radius 3 is 2.59 bits per heavy atom. The van der Waals surface area contributed by atoms with Crippen LogP contribution in [0.25, 0.3) is 10.9 Å². The normalized spacial score (nSPS) is 19.1. The van der Waals surface area contributed by atoms with Gasteiger partial charge in [0.2, 0.25) is 5.91 Å². The molecule has 27 heavy (non-hydrogen) atoms. The second-order valence-corrected chi connectivity index (χ2v) is 7.62. The Labute approximate surface area is 159 Å². The van der Waals surface area contributed by atoms with Crippen LogP contribution in [0.1, 0.15) is 43.0 Å². The number of carbonyl (C=O) groups excluding carboxylic acids is 1. The predicted molar refractivity (Wildman–Crippen MR) is 108 cm³/mol. The first-order valence-electron chi connectivity index (χ1n) is 9.62. The largest absolute Gasteiger partial charge is 0.497 e. The van der Waals surface area contributed by atoms with E-state index in [-0.39, 0.29) is 23.8 Å². The van der Waals surface area contributed by atoms with Crippen molar-refractivity contribution in [1.82, 2.24) is 10.3 Å². The Kier molecular flexibility index (Phi) is 4.65. The molecular formula is C23H26N2O2. The lowest BCUT2D eigenvalue weighted by molar-refractivity contribution is -0.126. The van der Waals surface area contributed by atoms with Crippen molar-refractivity contribution in [2.75, 3.05) is 7.11 Å². The van der Waals surface area contributed by atoms with Crippen LogP contribution in [0, 0.1) is 5.92 Å². The molecule has 0 saturated heterocycles. The van der Waals surface area contributed by atoms with Crippen molar-refractivity contribution < 1.29 is 9.53 Å². The average Bonchev–Trinajstić information content (AvgIpc) is 3.05. The molecule has 1 heterocycles. The molecule has 1 aliphatic rings. The van der Waals surface area contributed by atoms with E-state index >= 15 is 0 Å². The number of aromatic amines is 1. The van der Waals surface area contributed by atoms with Gasteiger partial charge in [-0.25, -0.2) is 0 Å². The zero-order valence-electron chi connectivity index (χ0n) is 16.1. The maximum absolute atomic E-state index is 13.0. The fourth-order valence-electron chi connectivity index (χ4n) is 4.31. The van der Waals surface area contributed by atoms with Gasteiger partial charge in [0.05, 0.1) is 13.0 Å². The quantitative estimate of drug-likeness (QED) is 0.723. The number of carbonyl (C=O) groups is 1. The topological polar surface area (TPSA) is 54.1 Å². The average molecular weight is 362 g/mol. The van der Waals surface area contributed by atoms with Gasteiger partial charge in [0.1, 0.15) is 5.75 Å². The predicted octanol–water partition coefficient (Wildman–Crippen LogP) is 4.40. The van der Waals surface area contributed by atoms with Gasteiger partial charge in [-0.05, 0) is 56.0 Å². The van der Waals surface area contributed by atoms with E-state index in [4.69, 9.17) is 4.74 Å². The Balaban J connectivity index is 1.83. The first kappa shape index (κ1) is 17.7. The summed E-state index contributed by atoms with van der Waals surface area (Å²) in [5.41, 5.74) is 4.81. The molecule has 0 bridgehead atoms. The van der Waals surface area contributed by atoms with Gasteiger partial charge in [-0.3, -0.25) is 4.79 Å². The van der Waals surface area contributed by atoms with Gasteiger partial charge in [-0.1, -0.05) is 30.3 Å². The monoisotopic (exact) mass is 362 g/mol. The Hall–Kier alpha value is -2.75. The van der Waals surface area contributed by atoms with E-state index in [1.807, 2.05) is 26.0 Å². The number of hydrogen-bond donors (Lipinski definition) is 2. The number of methoxy groups -OCH3 is 1. The molecular weight excluding hydrogens is 336 g/mol. The first-order valence-corrected chi connectivity index (χ1v) is 9.62. The maximum Gasteiger partial charge on any atom is 0.224 e. The summed E-state index contributed by atoms with van der Waals surface area (Å²) in [5.74, 6) is 0.900. The van der Waals surface area contributed by atoms with E-state index in [9.17, 15) is 4.79 Å². The van der Waals surface area contributed by atoms with Crippen LogP contribution in [0.3, 0.4) is 0 Å². The number of nitrogens with one attached hydrogen (secondary N) is 2. The number of aryl methyl sites for hydroxylation is 1. The van der Waals surface area contributed by atoms with E-state index in [1.54, 1.807) is 7.11 Å². The summed E-state index contributed by atoms with van der Waals surface area (Å²) < 4.78 is 5.31. The molecule has 4 nitrogen and oxygen atoms in total. The van der Waals surface area contributed by atoms with E-state index in [2.05, 4.69) is 46.7 Å². The molecule has 2 unspecified atom stereocenters. The van der Waals surface area contributed by atoms with Crippen LogP contribution in [0.2, 0.25) is 0 Å². The van der Waals surface area contributed by atoms with Crippen LogP contribution < -0.4 is 10.1 Å². The van der Waals surface area contributed by atoms with Gasteiger partial charge in [0.25, 0.3) is 0 Å². The first-order chi connectivity index (χ1) is 13.1. The number of aromatic nitrogens is 1. The van der Waals surface area contributed by atoms with Crippen LogP contribution in [-0.4, -0.2) is 24.0 Å². The smallest absolute Gasteiger partial charge is 0.224 e. The van der Waals surface area contributed by atoms with Crippen LogP contribution in [0.15, 0.2) is 48.5 Å². The van der Waals surface area contributed by atoms with Crippen molar-refractivity contribution in [3.63, 3.8) is 0 Å². The third kappa shape index (κ3) is 3.20. The van der Waals surface area contributed by atoms with Crippen molar-refractivity contribution in [1.29, 1.82) is 0 Å². The second-order valence-electron chi connectivity index (χ2n) is 7.62. The molecule has 2 aromatic carbocycles. The fraction of sp³-hybridized carbons (Fsp3) is 0.348. The van der Waals surface area contributed by atoms with E-state index in [0.717, 1.165) is 29.7 Å². The molecule has 4 heteroatoms. The molecule has 0 fully saturated rings. The van der Waals surface area contributed by atoms with Gasteiger partial charge in [0, 0.05) is 28.6 Å². The number of benzene rings is 2. The van der Waals surface area contributed by atoms with Gasteiger partial charge < -0.3 is 15.0 Å². The van der Waals surface area contributed by atoms with Crippen LogP contribution in [-0.2, 0) is 11.2 Å². The Bertz CT molecular complexity index is 956. The van der Waals surface area contributed by atoms with Crippen molar-refractivity contribution in [2.24, 2.45) is 5.92 Å². The number of fused-ring (bicyclic) bond motifs is 3. The standard InChI is InChI=1S/C23H26N2O2/c1-14(2)24-23(26)19-13-12-18-17-6-4-5-7-20(17)25-22(18)21(19)15-8-10-16(27-3)11-9-15/h4-11,14,19,21,25H,12-13H2,1-3H3,(H,24,26). The summed E-state index contributed by atoms with van der Waals surface area (Å²) in [6, 6.07) is 16.7. The summed E-state index contributed by atoms with van der Waals surface area (Å²) in [7, 11) is 1.67. The number of hydrogen-bond acceptors (Lipinski definition) is 2. The minimum Gasteiger partial charge on any atom is -0.497 e. The summed E-state index contributed by atoms with van der Waals surface area (Å²) in [6.07, 6.45) is 1.77. The van der Waals surface area contributed by atoms with E-state index in [1.165, 1.54) is 16.6 Å². The fourth-order valence-corrected chi connectivity index (χ4v) is 4.31. The van der Waals surface area contributed by atoms with Crippen molar-refractivity contribution in [2.45, 2.75) is 38.6 Å². The van der Waals surface area contributed by atoms with Gasteiger partial charge >= 0.3 is 0 Å². The summed E-state index contributed by atoms with van der Waals surface area (Å²) in [6.45, 7) is 4.02. The van der Waals surface area contributed by atoms with Crippen molar-refractivity contribution in [3.8, 4) is 5.75 Å². The highest BCUT2D eigenvalue weighted by atomic mass is 16.5. The van der Waals surface area contributed by atoms with Gasteiger partial charge in [0.15, 0.2) is 0 Å².